The molecule has 0 aliphatic carbocycles. The molecule has 1 amide bonds. The second kappa shape index (κ2) is 8.96. The Morgan fingerprint density at radius 3 is 2.43 bits per heavy atom. The van der Waals surface area contributed by atoms with Gasteiger partial charge in [0.05, 0.1) is 31.4 Å². The number of hydrogen-bond donors (Lipinski definition) is 1. The predicted octanol–water partition coefficient (Wildman–Crippen LogP) is 2.08. The monoisotopic (exact) mass is 411 g/mol. The first kappa shape index (κ1) is 21.3. The summed E-state index contributed by atoms with van der Waals surface area (Å²) in [7, 11) is 6.76. The molecule has 0 radical (unpaired) electrons. The van der Waals surface area contributed by atoms with Crippen molar-refractivity contribution >= 4 is 17.4 Å². The lowest BCUT2D eigenvalue weighted by Crippen LogP contribution is -2.35. The van der Waals surface area contributed by atoms with E-state index in [2.05, 4.69) is 4.98 Å². The van der Waals surface area contributed by atoms with E-state index in [4.69, 9.17) is 9.47 Å². The molecule has 1 unspecified atom stereocenters. The summed E-state index contributed by atoms with van der Waals surface area (Å²) < 4.78 is 10.6. The molecule has 1 saturated heterocycles. The van der Waals surface area contributed by atoms with E-state index in [1.165, 1.54) is 19.1 Å². The topological polar surface area (TPSA) is 92.2 Å². The van der Waals surface area contributed by atoms with Gasteiger partial charge in [0, 0.05) is 31.5 Å². The largest absolute Gasteiger partial charge is 0.507 e. The number of benzene rings is 1. The van der Waals surface area contributed by atoms with Crippen LogP contribution in [0, 0.1) is 0 Å². The number of hydrogen-bond acceptors (Lipinski definition) is 7. The van der Waals surface area contributed by atoms with E-state index in [0.717, 1.165) is 0 Å². The van der Waals surface area contributed by atoms with E-state index in [0.29, 0.717) is 35.7 Å². The predicted molar refractivity (Wildman–Crippen MR) is 111 cm³/mol. The van der Waals surface area contributed by atoms with E-state index < -0.39 is 17.7 Å². The summed E-state index contributed by atoms with van der Waals surface area (Å²) in [6.07, 6.45) is 3.19. The fourth-order valence-corrected chi connectivity index (χ4v) is 3.45. The second-order valence-electron chi connectivity index (χ2n) is 7.14. The number of pyridine rings is 1. The molecule has 8 nitrogen and oxygen atoms in total. The molecule has 1 N–H and O–H groups in total. The van der Waals surface area contributed by atoms with Crippen molar-refractivity contribution in [2.45, 2.75) is 6.04 Å². The molecule has 1 aromatic heterocycles. The van der Waals surface area contributed by atoms with Crippen LogP contribution in [0.5, 0.6) is 11.5 Å². The maximum Gasteiger partial charge on any atom is 0.295 e. The van der Waals surface area contributed by atoms with Gasteiger partial charge in [0.2, 0.25) is 0 Å². The van der Waals surface area contributed by atoms with Crippen molar-refractivity contribution in [1.29, 1.82) is 0 Å². The normalized spacial score (nSPS) is 18.2. The van der Waals surface area contributed by atoms with E-state index in [-0.39, 0.29) is 11.3 Å². The summed E-state index contributed by atoms with van der Waals surface area (Å²) in [6, 6.07) is 7.61. The van der Waals surface area contributed by atoms with Gasteiger partial charge in [-0.3, -0.25) is 14.6 Å². The third-order valence-corrected chi connectivity index (χ3v) is 5.01. The molecule has 1 atom stereocenters. The average Bonchev–Trinajstić information content (AvgIpc) is 3.02. The summed E-state index contributed by atoms with van der Waals surface area (Å²) in [5.74, 6) is -0.791. The number of likely N-dealkylation sites (N-methyl/N-ethyl adjacent to an activating group) is 1. The lowest BCUT2D eigenvalue weighted by molar-refractivity contribution is -0.140. The third kappa shape index (κ3) is 3.99. The number of likely N-dealkylation sites (tertiary alicyclic amines) is 1. The smallest absolute Gasteiger partial charge is 0.295 e. The molecule has 0 saturated carbocycles. The summed E-state index contributed by atoms with van der Waals surface area (Å²) in [6.45, 7) is 0.904. The molecule has 1 aliphatic rings. The second-order valence-corrected chi connectivity index (χ2v) is 7.14. The van der Waals surface area contributed by atoms with Gasteiger partial charge in [0.1, 0.15) is 17.3 Å². The molecular weight excluding hydrogens is 386 g/mol. The third-order valence-electron chi connectivity index (χ3n) is 5.01. The van der Waals surface area contributed by atoms with Crippen LogP contribution in [0.3, 0.4) is 0 Å². The number of amides is 1. The molecule has 1 fully saturated rings. The van der Waals surface area contributed by atoms with Crippen molar-refractivity contribution < 1.29 is 24.2 Å². The highest BCUT2D eigenvalue weighted by atomic mass is 16.5. The van der Waals surface area contributed by atoms with E-state index in [1.54, 1.807) is 42.7 Å². The lowest BCUT2D eigenvalue weighted by Gasteiger charge is -2.26. The molecule has 2 aromatic rings. The van der Waals surface area contributed by atoms with E-state index >= 15 is 0 Å². The van der Waals surface area contributed by atoms with Crippen LogP contribution in [0.4, 0.5) is 0 Å². The summed E-state index contributed by atoms with van der Waals surface area (Å²) in [5, 5.41) is 11.1. The number of aliphatic hydroxyl groups excluding tert-OH is 1. The SMILES string of the molecule is COc1ccc(C(O)=C2C(=O)C(=O)N(CCN(C)C)C2c2ccncc2)c(OC)c1. The minimum absolute atomic E-state index is 0.0217. The van der Waals surface area contributed by atoms with Crippen LogP contribution < -0.4 is 9.47 Å². The summed E-state index contributed by atoms with van der Waals surface area (Å²) in [4.78, 5) is 33.3. The number of nitrogens with zero attached hydrogens (tertiary/aromatic N) is 3. The Morgan fingerprint density at radius 1 is 1.13 bits per heavy atom. The Hall–Kier alpha value is -3.39. The molecule has 0 spiro atoms. The first-order valence-electron chi connectivity index (χ1n) is 9.44. The number of Topliss-reactive ketones (excluding diaryl/α,β-unsaturated/α-hetero) is 1. The van der Waals surface area contributed by atoms with Gasteiger partial charge in [-0.1, -0.05) is 0 Å². The van der Waals surface area contributed by atoms with Gasteiger partial charge in [-0.05, 0) is 43.9 Å². The maximum atomic E-state index is 13.0. The number of rotatable bonds is 7. The van der Waals surface area contributed by atoms with Crippen LogP contribution in [0.2, 0.25) is 0 Å². The Kier molecular flexibility index (Phi) is 6.37. The summed E-state index contributed by atoms with van der Waals surface area (Å²) >= 11 is 0. The molecule has 1 aromatic carbocycles. The first-order chi connectivity index (χ1) is 14.4. The van der Waals surface area contributed by atoms with Crippen LogP contribution in [-0.4, -0.2) is 73.0 Å². The van der Waals surface area contributed by atoms with Crippen molar-refractivity contribution in [2.75, 3.05) is 41.4 Å². The molecule has 158 valence electrons. The van der Waals surface area contributed by atoms with Gasteiger partial charge in [0.15, 0.2) is 0 Å². The number of carbonyl (C=O) groups excluding carboxylic acids is 2. The van der Waals surface area contributed by atoms with Crippen molar-refractivity contribution in [3.8, 4) is 11.5 Å². The fourth-order valence-electron chi connectivity index (χ4n) is 3.45. The fraction of sp³-hybridized carbons (Fsp3) is 0.318. The standard InChI is InChI=1S/C22H25N3O5/c1-24(2)11-12-25-19(14-7-9-23-10-8-14)18(21(27)22(25)28)20(26)16-6-5-15(29-3)13-17(16)30-4/h5-10,13,19,26H,11-12H2,1-4H3. The van der Waals surface area contributed by atoms with Gasteiger partial charge in [-0.25, -0.2) is 0 Å². The lowest BCUT2D eigenvalue weighted by atomic mass is 9.95. The average molecular weight is 411 g/mol. The molecule has 0 bridgehead atoms. The van der Waals surface area contributed by atoms with Crippen molar-refractivity contribution in [3.63, 3.8) is 0 Å². The highest BCUT2D eigenvalue weighted by Gasteiger charge is 2.46. The Labute approximate surface area is 175 Å². The van der Waals surface area contributed by atoms with Crippen LogP contribution >= 0.6 is 0 Å². The van der Waals surface area contributed by atoms with Gasteiger partial charge >= 0.3 is 0 Å². The quantitative estimate of drug-likeness (QED) is 0.424. The highest BCUT2D eigenvalue weighted by molar-refractivity contribution is 6.46. The Bertz CT molecular complexity index is 972. The van der Waals surface area contributed by atoms with Crippen LogP contribution in [-0.2, 0) is 9.59 Å². The molecular formula is C22H25N3O5. The number of carbonyl (C=O) groups is 2. The zero-order valence-corrected chi connectivity index (χ0v) is 17.5. The molecule has 1 aliphatic heterocycles. The Morgan fingerprint density at radius 2 is 1.83 bits per heavy atom. The minimum atomic E-state index is -0.731. The van der Waals surface area contributed by atoms with Crippen LogP contribution in [0.15, 0.2) is 48.3 Å². The van der Waals surface area contributed by atoms with Gasteiger partial charge < -0.3 is 24.4 Å². The van der Waals surface area contributed by atoms with Crippen molar-refractivity contribution in [1.82, 2.24) is 14.8 Å². The number of aliphatic hydroxyl groups is 1. The number of ketones is 1. The van der Waals surface area contributed by atoms with Crippen LogP contribution in [0.25, 0.3) is 5.76 Å². The van der Waals surface area contributed by atoms with Crippen molar-refractivity contribution in [2.24, 2.45) is 0 Å². The van der Waals surface area contributed by atoms with Crippen LogP contribution in [0.1, 0.15) is 17.2 Å². The Balaban J connectivity index is 2.17. The zero-order valence-electron chi connectivity index (χ0n) is 17.5. The zero-order chi connectivity index (χ0) is 21.8. The number of methoxy groups -OCH3 is 2. The maximum absolute atomic E-state index is 13.0. The van der Waals surface area contributed by atoms with Gasteiger partial charge in [-0.15, -0.1) is 0 Å². The number of aromatic nitrogens is 1. The minimum Gasteiger partial charge on any atom is -0.507 e. The van der Waals surface area contributed by atoms with Crippen molar-refractivity contribution in [3.05, 3.63) is 59.4 Å². The van der Waals surface area contributed by atoms with E-state index in [9.17, 15) is 14.7 Å². The molecule has 8 heteroatoms. The molecule has 2 heterocycles. The van der Waals surface area contributed by atoms with Gasteiger partial charge in [-0.2, -0.15) is 0 Å². The summed E-state index contributed by atoms with van der Waals surface area (Å²) in [5.41, 5.74) is 1.02. The number of ether oxygens (including phenoxy) is 2. The van der Waals surface area contributed by atoms with E-state index in [1.807, 2.05) is 19.0 Å². The van der Waals surface area contributed by atoms with Gasteiger partial charge in [0.25, 0.3) is 11.7 Å². The first-order valence-corrected chi connectivity index (χ1v) is 9.44. The highest BCUT2D eigenvalue weighted by Crippen LogP contribution is 2.41. The molecule has 30 heavy (non-hydrogen) atoms. The molecule has 3 rings (SSSR count).